The number of anilines is 3. The van der Waals surface area contributed by atoms with Gasteiger partial charge in [0.1, 0.15) is 0 Å². The second-order valence-electron chi connectivity index (χ2n) is 4.15. The summed E-state index contributed by atoms with van der Waals surface area (Å²) >= 11 is 0. The van der Waals surface area contributed by atoms with Crippen LogP contribution in [0.25, 0.3) is 0 Å². The zero-order valence-corrected chi connectivity index (χ0v) is 9.82. The second-order valence-corrected chi connectivity index (χ2v) is 4.15. The summed E-state index contributed by atoms with van der Waals surface area (Å²) in [4.78, 5) is 10.9. The zero-order chi connectivity index (χ0) is 12.3. The lowest BCUT2D eigenvalue weighted by molar-refractivity contribution is -0.114. The predicted molar refractivity (Wildman–Crippen MR) is 68.0 cm³/mol. The first-order chi connectivity index (χ1) is 8.15. The van der Waals surface area contributed by atoms with Crippen molar-refractivity contribution in [2.24, 2.45) is 0 Å². The van der Waals surface area contributed by atoms with Gasteiger partial charge < -0.3 is 21.1 Å². The molecule has 1 heterocycles. The number of benzene rings is 1. The number of nitrogens with one attached hydrogen (secondary N) is 2. The van der Waals surface area contributed by atoms with Crippen LogP contribution in [0.5, 0.6) is 0 Å². The Morgan fingerprint density at radius 3 is 2.88 bits per heavy atom. The lowest BCUT2D eigenvalue weighted by atomic mass is 10.2. The van der Waals surface area contributed by atoms with Crippen molar-refractivity contribution in [1.82, 2.24) is 0 Å². The lowest BCUT2D eigenvalue weighted by Crippen LogP contribution is -2.33. The number of carbonyl (C=O) groups is 1. The molecular weight excluding hydrogens is 218 g/mol. The summed E-state index contributed by atoms with van der Waals surface area (Å²) in [6.45, 7) is 3.09. The van der Waals surface area contributed by atoms with Gasteiger partial charge in [-0.1, -0.05) is 0 Å². The molecule has 0 spiro atoms. The molecular formula is C12H17N3O2. The van der Waals surface area contributed by atoms with Crippen LogP contribution in [0, 0.1) is 0 Å². The molecule has 1 aromatic carbocycles. The van der Waals surface area contributed by atoms with Gasteiger partial charge in [-0.3, -0.25) is 4.79 Å². The quantitative estimate of drug-likeness (QED) is 0.690. The van der Waals surface area contributed by atoms with Crippen LogP contribution in [0.15, 0.2) is 18.2 Å². The maximum Gasteiger partial charge on any atom is 0.221 e. The highest BCUT2D eigenvalue weighted by Crippen LogP contribution is 2.23. The van der Waals surface area contributed by atoms with Crippen molar-refractivity contribution >= 4 is 23.0 Å². The summed E-state index contributed by atoms with van der Waals surface area (Å²) in [6, 6.07) is 5.42. The monoisotopic (exact) mass is 235 g/mol. The minimum absolute atomic E-state index is 0.104. The van der Waals surface area contributed by atoms with Gasteiger partial charge in [0.15, 0.2) is 0 Å². The predicted octanol–water partition coefficient (Wildman–Crippen LogP) is 1.43. The van der Waals surface area contributed by atoms with Crippen molar-refractivity contribution in [3.63, 3.8) is 0 Å². The van der Waals surface area contributed by atoms with Crippen molar-refractivity contribution in [3.05, 3.63) is 18.2 Å². The summed E-state index contributed by atoms with van der Waals surface area (Å²) in [5, 5.41) is 5.92. The SMILES string of the molecule is CC(=O)Nc1ccc(NC[C@@H]2CCO2)c(N)c1. The van der Waals surface area contributed by atoms with Crippen LogP contribution in [-0.4, -0.2) is 25.2 Å². The molecule has 92 valence electrons. The average molecular weight is 235 g/mol. The van der Waals surface area contributed by atoms with E-state index >= 15 is 0 Å². The van der Waals surface area contributed by atoms with E-state index in [1.54, 1.807) is 6.07 Å². The Morgan fingerprint density at radius 1 is 1.59 bits per heavy atom. The van der Waals surface area contributed by atoms with Crippen molar-refractivity contribution in [1.29, 1.82) is 0 Å². The molecule has 5 heteroatoms. The standard InChI is InChI=1S/C12H17N3O2/c1-8(16)15-9-2-3-12(11(13)6-9)14-7-10-4-5-17-10/h2-3,6,10,14H,4-5,7,13H2,1H3,(H,15,16)/t10-/m0/s1. The molecule has 17 heavy (non-hydrogen) atoms. The third kappa shape index (κ3) is 3.10. The van der Waals surface area contributed by atoms with E-state index < -0.39 is 0 Å². The van der Waals surface area contributed by atoms with Gasteiger partial charge in [-0.2, -0.15) is 0 Å². The Kier molecular flexibility index (Phi) is 3.49. The van der Waals surface area contributed by atoms with E-state index in [0.29, 0.717) is 17.5 Å². The van der Waals surface area contributed by atoms with Gasteiger partial charge in [-0.15, -0.1) is 0 Å². The van der Waals surface area contributed by atoms with Crippen LogP contribution in [0.3, 0.4) is 0 Å². The molecule has 1 amide bonds. The highest BCUT2D eigenvalue weighted by atomic mass is 16.5. The van der Waals surface area contributed by atoms with E-state index in [9.17, 15) is 4.79 Å². The summed E-state index contributed by atoms with van der Waals surface area (Å²) in [5.41, 5.74) is 8.09. The van der Waals surface area contributed by atoms with Gasteiger partial charge in [0.25, 0.3) is 0 Å². The van der Waals surface area contributed by atoms with E-state index in [4.69, 9.17) is 10.5 Å². The van der Waals surface area contributed by atoms with Crippen molar-refractivity contribution in [3.8, 4) is 0 Å². The molecule has 1 aliphatic heterocycles. The van der Waals surface area contributed by atoms with Gasteiger partial charge in [0, 0.05) is 25.8 Å². The summed E-state index contributed by atoms with van der Waals surface area (Å²) < 4.78 is 5.31. The van der Waals surface area contributed by atoms with Gasteiger partial charge in [0.2, 0.25) is 5.91 Å². The third-order valence-corrected chi connectivity index (χ3v) is 2.69. The number of nitrogens with two attached hydrogens (primary N) is 1. The molecule has 1 saturated heterocycles. The van der Waals surface area contributed by atoms with E-state index in [-0.39, 0.29) is 5.91 Å². The van der Waals surface area contributed by atoms with Gasteiger partial charge in [-0.25, -0.2) is 0 Å². The molecule has 0 saturated carbocycles. The average Bonchev–Trinajstić information content (AvgIpc) is 2.17. The normalized spacial score (nSPS) is 18.3. The second kappa shape index (κ2) is 5.05. The molecule has 0 bridgehead atoms. The number of amides is 1. The summed E-state index contributed by atoms with van der Waals surface area (Å²) in [6.07, 6.45) is 1.39. The molecule has 0 radical (unpaired) electrons. The molecule has 1 aromatic rings. The van der Waals surface area contributed by atoms with Gasteiger partial charge in [0.05, 0.1) is 17.5 Å². The van der Waals surface area contributed by atoms with E-state index in [1.807, 2.05) is 12.1 Å². The summed E-state index contributed by atoms with van der Waals surface area (Å²) in [5.74, 6) is -0.104. The zero-order valence-electron chi connectivity index (χ0n) is 9.82. The number of nitrogen functional groups attached to an aromatic ring is 1. The van der Waals surface area contributed by atoms with Crippen LogP contribution < -0.4 is 16.4 Å². The van der Waals surface area contributed by atoms with Crippen molar-refractivity contribution in [2.45, 2.75) is 19.4 Å². The summed E-state index contributed by atoms with van der Waals surface area (Å²) in [7, 11) is 0. The van der Waals surface area contributed by atoms with Crippen LogP contribution in [0.4, 0.5) is 17.1 Å². The third-order valence-electron chi connectivity index (χ3n) is 2.69. The molecule has 5 nitrogen and oxygen atoms in total. The van der Waals surface area contributed by atoms with Crippen LogP contribution in [0.1, 0.15) is 13.3 Å². The largest absolute Gasteiger partial charge is 0.397 e. The minimum Gasteiger partial charge on any atom is -0.397 e. The fourth-order valence-electron chi connectivity index (χ4n) is 1.67. The Bertz CT molecular complexity index is 416. The van der Waals surface area contributed by atoms with E-state index in [2.05, 4.69) is 10.6 Å². The minimum atomic E-state index is -0.104. The number of hydrogen-bond acceptors (Lipinski definition) is 4. The maximum absolute atomic E-state index is 10.9. The fraction of sp³-hybridized carbons (Fsp3) is 0.417. The molecule has 2 rings (SSSR count). The van der Waals surface area contributed by atoms with E-state index in [0.717, 1.165) is 25.3 Å². The Morgan fingerprint density at radius 2 is 2.35 bits per heavy atom. The maximum atomic E-state index is 10.9. The highest BCUT2D eigenvalue weighted by Gasteiger charge is 2.17. The molecule has 4 N–H and O–H groups in total. The van der Waals surface area contributed by atoms with Crippen LogP contribution in [-0.2, 0) is 9.53 Å². The number of carbonyl (C=O) groups excluding carboxylic acids is 1. The molecule has 1 fully saturated rings. The van der Waals surface area contributed by atoms with Crippen molar-refractivity contribution < 1.29 is 9.53 Å². The Labute approximate surface area is 100 Å². The topological polar surface area (TPSA) is 76.4 Å². The highest BCUT2D eigenvalue weighted by molar-refractivity contribution is 5.90. The van der Waals surface area contributed by atoms with E-state index in [1.165, 1.54) is 6.92 Å². The van der Waals surface area contributed by atoms with Crippen LogP contribution in [0.2, 0.25) is 0 Å². The first-order valence-corrected chi connectivity index (χ1v) is 5.68. The first kappa shape index (κ1) is 11.7. The number of hydrogen-bond donors (Lipinski definition) is 3. The Hall–Kier alpha value is -1.75. The molecule has 0 aliphatic carbocycles. The molecule has 1 aliphatic rings. The fourth-order valence-corrected chi connectivity index (χ4v) is 1.67. The number of rotatable bonds is 4. The van der Waals surface area contributed by atoms with Crippen LogP contribution >= 0.6 is 0 Å². The van der Waals surface area contributed by atoms with Gasteiger partial charge in [-0.05, 0) is 24.6 Å². The molecule has 0 unspecified atom stereocenters. The Balaban J connectivity index is 1.95. The molecule has 1 atom stereocenters. The lowest BCUT2D eigenvalue weighted by Gasteiger charge is -2.27. The van der Waals surface area contributed by atoms with Crippen molar-refractivity contribution in [2.75, 3.05) is 29.5 Å². The first-order valence-electron chi connectivity index (χ1n) is 5.68. The number of ether oxygens (including phenoxy) is 1. The smallest absolute Gasteiger partial charge is 0.221 e. The molecule has 0 aromatic heterocycles. The van der Waals surface area contributed by atoms with Gasteiger partial charge >= 0.3 is 0 Å².